The quantitative estimate of drug-likeness (QED) is 0.744. The second kappa shape index (κ2) is 9.89. The fourth-order valence-corrected chi connectivity index (χ4v) is 4.57. The van der Waals surface area contributed by atoms with Gasteiger partial charge in [0.05, 0.1) is 11.7 Å². The lowest BCUT2D eigenvalue weighted by Gasteiger charge is -2.38. The number of benzene rings is 1. The van der Waals surface area contributed by atoms with E-state index in [1.54, 1.807) is 11.1 Å². The molecule has 2 amide bonds. The molecule has 2 aliphatic rings. The third-order valence-corrected chi connectivity index (χ3v) is 6.05. The van der Waals surface area contributed by atoms with Gasteiger partial charge >= 0.3 is 6.09 Å². The number of carbonyl (C=O) groups excluding carboxylic acids is 2. The summed E-state index contributed by atoms with van der Waals surface area (Å²) in [5.41, 5.74) is 4.42. The number of ether oxygens (including phenoxy) is 1. The third kappa shape index (κ3) is 5.51. The summed E-state index contributed by atoms with van der Waals surface area (Å²) >= 11 is 0. The summed E-state index contributed by atoms with van der Waals surface area (Å²) in [5, 5.41) is 5.32. The Bertz CT molecular complexity index is 948. The fraction of sp³-hybridized carbons (Fsp3) is 0.480. The van der Waals surface area contributed by atoms with E-state index in [1.165, 1.54) is 0 Å². The number of hydrogen-bond donors (Lipinski definition) is 2. The molecule has 2 unspecified atom stereocenters. The van der Waals surface area contributed by atoms with Crippen LogP contribution in [-0.4, -0.2) is 64.7 Å². The van der Waals surface area contributed by atoms with Crippen LogP contribution in [0.15, 0.2) is 54.7 Å². The Morgan fingerprint density at radius 2 is 1.85 bits per heavy atom. The standard InChI is InChI=1S/C25H33N5O3/c1-25(2,3)33-24(32)29-15-12-19(18-9-5-4-6-10-18)22(29)23(31)28-30-16-14-26-17-21(30)20-11-7-8-13-27-20/h4-11,13,19,21-22,26H,12,14-17H2,1-3H3,(H,28,31)/t19?,21?,22-/m0/s1. The maximum atomic E-state index is 13.7. The number of piperazine rings is 1. The van der Waals surface area contributed by atoms with E-state index >= 15 is 0 Å². The number of amides is 2. The number of nitrogens with zero attached hydrogens (tertiary/aromatic N) is 3. The molecule has 2 fully saturated rings. The van der Waals surface area contributed by atoms with Gasteiger partial charge in [-0.25, -0.2) is 9.80 Å². The van der Waals surface area contributed by atoms with Crippen molar-refractivity contribution >= 4 is 12.0 Å². The molecule has 2 N–H and O–H groups in total. The second-order valence-corrected chi connectivity index (χ2v) is 9.57. The van der Waals surface area contributed by atoms with E-state index in [0.717, 1.165) is 17.8 Å². The van der Waals surface area contributed by atoms with Crippen molar-refractivity contribution in [2.24, 2.45) is 0 Å². The molecule has 0 radical (unpaired) electrons. The number of likely N-dealkylation sites (tertiary alicyclic amines) is 1. The predicted octanol–water partition coefficient (Wildman–Crippen LogP) is 2.85. The molecule has 1 aromatic heterocycles. The monoisotopic (exact) mass is 451 g/mol. The van der Waals surface area contributed by atoms with Gasteiger partial charge in [0.1, 0.15) is 11.6 Å². The van der Waals surface area contributed by atoms with E-state index in [-0.39, 0.29) is 17.9 Å². The first-order valence-corrected chi connectivity index (χ1v) is 11.6. The highest BCUT2D eigenvalue weighted by atomic mass is 16.6. The average Bonchev–Trinajstić information content (AvgIpc) is 3.25. The lowest BCUT2D eigenvalue weighted by molar-refractivity contribution is -0.132. The predicted molar refractivity (Wildman–Crippen MR) is 125 cm³/mol. The topological polar surface area (TPSA) is 86.8 Å². The van der Waals surface area contributed by atoms with Crippen molar-refractivity contribution < 1.29 is 14.3 Å². The SMILES string of the molecule is CC(C)(C)OC(=O)N1CCC(c2ccccc2)[C@H]1C(=O)NN1CCNCC1c1ccccn1. The number of rotatable bonds is 4. The van der Waals surface area contributed by atoms with E-state index in [2.05, 4.69) is 15.7 Å². The molecule has 2 aliphatic heterocycles. The fourth-order valence-electron chi connectivity index (χ4n) is 4.57. The molecular weight excluding hydrogens is 418 g/mol. The highest BCUT2D eigenvalue weighted by Crippen LogP contribution is 2.35. The van der Waals surface area contributed by atoms with Gasteiger partial charge in [-0.05, 0) is 44.9 Å². The summed E-state index contributed by atoms with van der Waals surface area (Å²) in [6.07, 6.45) is 2.01. The minimum absolute atomic E-state index is 0.0875. The molecule has 4 rings (SSSR count). The van der Waals surface area contributed by atoms with Crippen LogP contribution < -0.4 is 10.7 Å². The van der Waals surface area contributed by atoms with E-state index < -0.39 is 17.7 Å². The molecule has 0 saturated carbocycles. The van der Waals surface area contributed by atoms with Crippen molar-refractivity contribution in [2.75, 3.05) is 26.2 Å². The summed E-state index contributed by atoms with van der Waals surface area (Å²) in [6.45, 7) is 8.06. The number of aromatic nitrogens is 1. The molecule has 2 saturated heterocycles. The van der Waals surface area contributed by atoms with Crippen molar-refractivity contribution in [2.45, 2.75) is 50.8 Å². The van der Waals surface area contributed by atoms with E-state index in [4.69, 9.17) is 4.74 Å². The zero-order chi connectivity index (χ0) is 23.4. The van der Waals surface area contributed by atoms with Crippen LogP contribution in [0.4, 0.5) is 4.79 Å². The summed E-state index contributed by atoms with van der Waals surface area (Å²) in [7, 11) is 0. The molecule has 1 aromatic carbocycles. The largest absolute Gasteiger partial charge is 0.444 e. The van der Waals surface area contributed by atoms with Gasteiger partial charge in [0.25, 0.3) is 5.91 Å². The Morgan fingerprint density at radius 3 is 2.55 bits per heavy atom. The van der Waals surface area contributed by atoms with Crippen molar-refractivity contribution in [3.05, 3.63) is 66.0 Å². The zero-order valence-electron chi connectivity index (χ0n) is 19.5. The second-order valence-electron chi connectivity index (χ2n) is 9.57. The Balaban J connectivity index is 1.58. The van der Waals surface area contributed by atoms with Crippen LogP contribution in [0.25, 0.3) is 0 Å². The van der Waals surface area contributed by atoms with Gasteiger partial charge in [-0.15, -0.1) is 0 Å². The van der Waals surface area contributed by atoms with Crippen LogP contribution >= 0.6 is 0 Å². The zero-order valence-corrected chi connectivity index (χ0v) is 19.5. The highest BCUT2D eigenvalue weighted by Gasteiger charge is 2.45. The van der Waals surface area contributed by atoms with Gasteiger partial charge in [0.15, 0.2) is 0 Å². The normalized spacial score (nSPS) is 23.8. The van der Waals surface area contributed by atoms with Crippen molar-refractivity contribution in [1.82, 2.24) is 25.6 Å². The van der Waals surface area contributed by atoms with E-state index in [0.29, 0.717) is 26.1 Å². The van der Waals surface area contributed by atoms with Crippen LogP contribution in [0.5, 0.6) is 0 Å². The van der Waals surface area contributed by atoms with Crippen LogP contribution in [0, 0.1) is 0 Å². The molecular formula is C25H33N5O3. The third-order valence-electron chi connectivity index (χ3n) is 6.05. The van der Waals surface area contributed by atoms with Crippen LogP contribution in [0.3, 0.4) is 0 Å². The molecule has 0 spiro atoms. The average molecular weight is 452 g/mol. The van der Waals surface area contributed by atoms with Gasteiger partial charge in [-0.3, -0.25) is 20.1 Å². The van der Waals surface area contributed by atoms with Crippen molar-refractivity contribution in [3.8, 4) is 0 Å². The summed E-state index contributed by atoms with van der Waals surface area (Å²) < 4.78 is 5.64. The maximum absolute atomic E-state index is 13.7. The number of hydrogen-bond acceptors (Lipinski definition) is 6. The number of nitrogens with one attached hydrogen (secondary N) is 2. The van der Waals surface area contributed by atoms with Gasteiger partial charge in [-0.1, -0.05) is 36.4 Å². The molecule has 8 nitrogen and oxygen atoms in total. The van der Waals surface area contributed by atoms with Crippen molar-refractivity contribution in [1.29, 1.82) is 0 Å². The minimum atomic E-state index is -0.651. The molecule has 3 atom stereocenters. The molecule has 176 valence electrons. The summed E-state index contributed by atoms with van der Waals surface area (Å²) in [4.78, 5) is 32.8. The first-order chi connectivity index (χ1) is 15.8. The lowest BCUT2D eigenvalue weighted by atomic mass is 9.91. The van der Waals surface area contributed by atoms with Crippen LogP contribution in [-0.2, 0) is 9.53 Å². The molecule has 33 heavy (non-hydrogen) atoms. The Labute approximate surface area is 195 Å². The van der Waals surface area contributed by atoms with Gasteiger partial charge in [0, 0.05) is 38.3 Å². The first-order valence-electron chi connectivity index (χ1n) is 11.6. The smallest absolute Gasteiger partial charge is 0.410 e. The Hall–Kier alpha value is -2.97. The van der Waals surface area contributed by atoms with Gasteiger partial charge in [0.2, 0.25) is 0 Å². The number of pyridine rings is 1. The molecule has 3 heterocycles. The molecule has 8 heteroatoms. The van der Waals surface area contributed by atoms with Crippen LogP contribution in [0.1, 0.15) is 50.4 Å². The van der Waals surface area contributed by atoms with Gasteiger partial charge in [-0.2, -0.15) is 0 Å². The lowest BCUT2D eigenvalue weighted by Crippen LogP contribution is -2.58. The molecule has 2 aromatic rings. The maximum Gasteiger partial charge on any atom is 0.410 e. The Kier molecular flexibility index (Phi) is 6.95. The number of carbonyl (C=O) groups is 2. The van der Waals surface area contributed by atoms with Crippen LogP contribution in [0.2, 0.25) is 0 Å². The molecule has 0 aliphatic carbocycles. The Morgan fingerprint density at radius 1 is 1.09 bits per heavy atom. The first kappa shape index (κ1) is 23.2. The van der Waals surface area contributed by atoms with E-state index in [1.807, 2.05) is 74.3 Å². The highest BCUT2D eigenvalue weighted by molar-refractivity contribution is 5.87. The minimum Gasteiger partial charge on any atom is -0.444 e. The van der Waals surface area contributed by atoms with Gasteiger partial charge < -0.3 is 10.1 Å². The summed E-state index contributed by atoms with van der Waals surface area (Å²) in [6, 6.07) is 15.0. The van der Waals surface area contributed by atoms with Crippen molar-refractivity contribution in [3.63, 3.8) is 0 Å². The molecule has 0 bridgehead atoms. The van der Waals surface area contributed by atoms with E-state index in [9.17, 15) is 9.59 Å². The number of hydrazine groups is 1. The summed E-state index contributed by atoms with van der Waals surface area (Å²) in [5.74, 6) is -0.301.